The molecule has 0 fully saturated rings. The summed E-state index contributed by atoms with van der Waals surface area (Å²) in [5.74, 6) is 1.23. The molecule has 3 N–H and O–H groups in total. The Hall–Kier alpha value is -0.220. The Balaban J connectivity index is 2.50. The van der Waals surface area contributed by atoms with E-state index in [-0.39, 0.29) is 17.9 Å². The molecule has 1 aromatic carbocycles. The number of halogens is 1. The molecule has 2 unspecified atom stereocenters. The van der Waals surface area contributed by atoms with Crippen LogP contribution in [0.5, 0.6) is 0 Å². The summed E-state index contributed by atoms with van der Waals surface area (Å²) in [5, 5.41) is 10.2. The largest absolute Gasteiger partial charge is 0.395 e. The summed E-state index contributed by atoms with van der Waals surface area (Å²) in [6.07, 6.45) is 0. The van der Waals surface area contributed by atoms with Crippen molar-refractivity contribution in [2.75, 3.05) is 6.61 Å². The quantitative estimate of drug-likeness (QED) is 0.838. The summed E-state index contributed by atoms with van der Waals surface area (Å²) in [5.41, 5.74) is 7.26. The highest BCUT2D eigenvalue weighted by molar-refractivity contribution is 7.99. The lowest BCUT2D eigenvalue weighted by molar-refractivity contribution is 0.269. The van der Waals surface area contributed by atoms with Crippen LogP contribution in [0, 0.1) is 5.92 Å². The SMILES string of the molecule is CC(C)C(N)C(CO)SCc1ccc(Cl)cc1. The Bertz CT molecular complexity index is 329. The van der Waals surface area contributed by atoms with Crippen LogP contribution in [-0.4, -0.2) is 23.0 Å². The smallest absolute Gasteiger partial charge is 0.0565 e. The highest BCUT2D eigenvalue weighted by Crippen LogP contribution is 2.23. The fourth-order valence-corrected chi connectivity index (χ4v) is 2.87. The van der Waals surface area contributed by atoms with Gasteiger partial charge in [-0.3, -0.25) is 0 Å². The van der Waals surface area contributed by atoms with Gasteiger partial charge in [0.2, 0.25) is 0 Å². The second-order valence-electron chi connectivity index (χ2n) is 4.48. The molecule has 0 amide bonds. The molecule has 0 saturated heterocycles. The second kappa shape index (κ2) is 7.27. The molecule has 2 atom stereocenters. The summed E-state index contributed by atoms with van der Waals surface area (Å²) in [4.78, 5) is 0. The van der Waals surface area contributed by atoms with Crippen LogP contribution in [0.25, 0.3) is 0 Å². The van der Waals surface area contributed by atoms with Crippen LogP contribution < -0.4 is 5.73 Å². The molecule has 0 bridgehead atoms. The number of nitrogens with two attached hydrogens (primary N) is 1. The first-order valence-corrected chi connectivity index (χ1v) is 7.19. The standard InChI is InChI=1S/C13H20ClNOS/c1-9(2)13(15)12(7-16)17-8-10-3-5-11(14)6-4-10/h3-6,9,12-13,16H,7-8,15H2,1-2H3. The van der Waals surface area contributed by atoms with Gasteiger partial charge in [0, 0.05) is 22.1 Å². The summed E-state index contributed by atoms with van der Waals surface area (Å²) in [6, 6.07) is 7.80. The van der Waals surface area contributed by atoms with Gasteiger partial charge in [-0.25, -0.2) is 0 Å². The van der Waals surface area contributed by atoms with Gasteiger partial charge in [-0.1, -0.05) is 37.6 Å². The van der Waals surface area contributed by atoms with Crippen molar-refractivity contribution in [3.8, 4) is 0 Å². The fraction of sp³-hybridized carbons (Fsp3) is 0.538. The Morgan fingerprint density at radius 2 is 1.88 bits per heavy atom. The molecule has 0 heterocycles. The fourth-order valence-electron chi connectivity index (χ4n) is 1.50. The molecular formula is C13H20ClNOS. The lowest BCUT2D eigenvalue weighted by Gasteiger charge is -2.24. The number of aliphatic hydroxyl groups is 1. The van der Waals surface area contributed by atoms with Crippen molar-refractivity contribution in [1.29, 1.82) is 0 Å². The van der Waals surface area contributed by atoms with Gasteiger partial charge in [-0.05, 0) is 23.6 Å². The van der Waals surface area contributed by atoms with Crippen LogP contribution in [0.3, 0.4) is 0 Å². The van der Waals surface area contributed by atoms with E-state index in [4.69, 9.17) is 17.3 Å². The maximum atomic E-state index is 9.35. The van der Waals surface area contributed by atoms with Crippen molar-refractivity contribution < 1.29 is 5.11 Å². The van der Waals surface area contributed by atoms with Crippen LogP contribution in [0.1, 0.15) is 19.4 Å². The first-order chi connectivity index (χ1) is 8.04. The van der Waals surface area contributed by atoms with E-state index in [1.165, 1.54) is 5.56 Å². The maximum Gasteiger partial charge on any atom is 0.0565 e. The third-order valence-corrected chi connectivity index (χ3v) is 4.40. The number of rotatable bonds is 6. The zero-order chi connectivity index (χ0) is 12.8. The Morgan fingerprint density at radius 3 is 2.35 bits per heavy atom. The van der Waals surface area contributed by atoms with E-state index < -0.39 is 0 Å². The van der Waals surface area contributed by atoms with E-state index in [2.05, 4.69) is 13.8 Å². The first-order valence-electron chi connectivity index (χ1n) is 5.77. The van der Waals surface area contributed by atoms with Gasteiger partial charge in [0.1, 0.15) is 0 Å². The van der Waals surface area contributed by atoms with E-state index in [9.17, 15) is 5.11 Å². The van der Waals surface area contributed by atoms with Crippen molar-refractivity contribution in [3.05, 3.63) is 34.9 Å². The molecule has 2 nitrogen and oxygen atoms in total. The minimum absolute atomic E-state index is 0.0253. The Morgan fingerprint density at radius 1 is 1.29 bits per heavy atom. The third-order valence-electron chi connectivity index (χ3n) is 2.76. The molecule has 0 saturated carbocycles. The maximum absolute atomic E-state index is 9.35. The summed E-state index contributed by atoms with van der Waals surface area (Å²) < 4.78 is 0. The Labute approximate surface area is 113 Å². The summed E-state index contributed by atoms with van der Waals surface area (Å²) in [6.45, 7) is 4.28. The monoisotopic (exact) mass is 273 g/mol. The van der Waals surface area contributed by atoms with Crippen LogP contribution in [0.2, 0.25) is 5.02 Å². The molecule has 0 aromatic heterocycles. The summed E-state index contributed by atoms with van der Waals surface area (Å²) in [7, 11) is 0. The molecule has 0 aliphatic rings. The highest BCUT2D eigenvalue weighted by atomic mass is 35.5. The molecule has 0 aliphatic heterocycles. The van der Waals surface area contributed by atoms with Gasteiger partial charge < -0.3 is 10.8 Å². The number of benzene rings is 1. The van der Waals surface area contributed by atoms with E-state index in [1.807, 2.05) is 24.3 Å². The zero-order valence-electron chi connectivity index (χ0n) is 10.3. The molecule has 17 heavy (non-hydrogen) atoms. The van der Waals surface area contributed by atoms with E-state index in [0.29, 0.717) is 5.92 Å². The van der Waals surface area contributed by atoms with Gasteiger partial charge in [-0.2, -0.15) is 0 Å². The van der Waals surface area contributed by atoms with Crippen molar-refractivity contribution in [1.82, 2.24) is 0 Å². The third kappa shape index (κ3) is 4.88. The molecule has 1 rings (SSSR count). The molecule has 1 aromatic rings. The topological polar surface area (TPSA) is 46.2 Å². The average Bonchev–Trinajstić information content (AvgIpc) is 2.31. The van der Waals surface area contributed by atoms with Crippen molar-refractivity contribution >= 4 is 23.4 Å². The minimum atomic E-state index is 0.0253. The number of hydrogen-bond acceptors (Lipinski definition) is 3. The highest BCUT2D eigenvalue weighted by Gasteiger charge is 2.20. The minimum Gasteiger partial charge on any atom is -0.395 e. The van der Waals surface area contributed by atoms with Gasteiger partial charge in [0.05, 0.1) is 6.61 Å². The van der Waals surface area contributed by atoms with Gasteiger partial charge in [-0.15, -0.1) is 11.8 Å². The summed E-state index contributed by atoms with van der Waals surface area (Å²) >= 11 is 7.53. The normalized spacial score (nSPS) is 14.9. The Kier molecular flexibility index (Phi) is 6.34. The van der Waals surface area contributed by atoms with Crippen LogP contribution in [0.4, 0.5) is 0 Å². The number of aliphatic hydroxyl groups excluding tert-OH is 1. The molecule has 4 heteroatoms. The van der Waals surface area contributed by atoms with Gasteiger partial charge in [0.15, 0.2) is 0 Å². The van der Waals surface area contributed by atoms with Crippen molar-refractivity contribution in [2.45, 2.75) is 30.9 Å². The van der Waals surface area contributed by atoms with Gasteiger partial charge in [0.25, 0.3) is 0 Å². The predicted molar refractivity (Wildman–Crippen MR) is 76.4 cm³/mol. The van der Waals surface area contributed by atoms with Crippen LogP contribution in [-0.2, 0) is 5.75 Å². The molecule has 96 valence electrons. The predicted octanol–water partition coefficient (Wildman–Crippen LogP) is 2.92. The first kappa shape index (κ1) is 14.8. The van der Waals surface area contributed by atoms with Crippen LogP contribution in [0.15, 0.2) is 24.3 Å². The van der Waals surface area contributed by atoms with E-state index in [1.54, 1.807) is 11.8 Å². The average molecular weight is 274 g/mol. The molecule has 0 spiro atoms. The van der Waals surface area contributed by atoms with E-state index >= 15 is 0 Å². The van der Waals surface area contributed by atoms with E-state index in [0.717, 1.165) is 10.8 Å². The number of hydrogen-bond donors (Lipinski definition) is 2. The zero-order valence-corrected chi connectivity index (χ0v) is 11.8. The molecular weight excluding hydrogens is 254 g/mol. The second-order valence-corrected chi connectivity index (χ2v) is 6.14. The molecule has 0 radical (unpaired) electrons. The lowest BCUT2D eigenvalue weighted by Crippen LogP contribution is -2.39. The number of thioether (sulfide) groups is 1. The van der Waals surface area contributed by atoms with Crippen molar-refractivity contribution in [3.63, 3.8) is 0 Å². The lowest BCUT2D eigenvalue weighted by atomic mass is 10.0. The van der Waals surface area contributed by atoms with Gasteiger partial charge >= 0.3 is 0 Å². The van der Waals surface area contributed by atoms with Crippen molar-refractivity contribution in [2.24, 2.45) is 11.7 Å². The van der Waals surface area contributed by atoms with Crippen LogP contribution >= 0.6 is 23.4 Å². The molecule has 0 aliphatic carbocycles.